The van der Waals surface area contributed by atoms with Crippen LogP contribution in [0.25, 0.3) is 0 Å². The Morgan fingerprint density at radius 2 is 1.12 bits per heavy atom. The first kappa shape index (κ1) is 70.3. The monoisotopic (exact) mass is 1270 g/mol. The number of ether oxygens (including phenoxy) is 15. The molecule has 9 aliphatic rings. The molecule has 0 aromatic rings. The lowest BCUT2D eigenvalue weighted by Gasteiger charge is -2.66. The number of hydrogen-bond donors (Lipinski definition) is 10. The molecule has 4 aliphatic carbocycles. The summed E-state index contributed by atoms with van der Waals surface area (Å²) in [5.41, 5.74) is -4.58. The number of fused-ring (bicyclic) bond motifs is 5. The van der Waals surface area contributed by atoms with Gasteiger partial charge in [0.15, 0.2) is 31.5 Å². The smallest absolute Gasteiger partial charge is 0.309 e. The summed E-state index contributed by atoms with van der Waals surface area (Å²) in [6, 6.07) is 0. The summed E-state index contributed by atoms with van der Waals surface area (Å²) in [6.45, 7) is 14.6. The Balaban J connectivity index is 0.774. The van der Waals surface area contributed by atoms with Gasteiger partial charge in [0, 0.05) is 41.1 Å². The van der Waals surface area contributed by atoms with Crippen molar-refractivity contribution < 1.29 is 132 Å². The van der Waals surface area contributed by atoms with Crippen LogP contribution in [0.1, 0.15) is 133 Å². The number of carbonyl (C=O) groups excluding carboxylic acids is 2. The van der Waals surface area contributed by atoms with Crippen molar-refractivity contribution in [1.82, 2.24) is 0 Å². The maximum atomic E-state index is 13.1. The molecule has 0 unspecified atom stereocenters. The Labute approximate surface area is 515 Å². The molecule has 5 heterocycles. The van der Waals surface area contributed by atoms with Crippen LogP contribution in [0, 0.1) is 34.5 Å². The second-order valence-electron chi connectivity index (χ2n) is 27.1. The Morgan fingerprint density at radius 3 is 1.72 bits per heavy atom. The van der Waals surface area contributed by atoms with Gasteiger partial charge in [-0.2, -0.15) is 0 Å². The molecule has 27 nitrogen and oxygen atoms in total. The summed E-state index contributed by atoms with van der Waals surface area (Å²) in [5.74, 6) is -1.25. The molecule has 0 amide bonds. The van der Waals surface area contributed by atoms with Crippen molar-refractivity contribution in [1.29, 1.82) is 0 Å². The maximum absolute atomic E-state index is 13.1. The highest BCUT2D eigenvalue weighted by atomic mass is 16.8. The fraction of sp³-hybridized carbons (Fsp3) is 0.967. The molecule has 34 atom stereocenters. The van der Waals surface area contributed by atoms with Gasteiger partial charge in [0.25, 0.3) is 0 Å². The van der Waals surface area contributed by atoms with Crippen molar-refractivity contribution in [3.05, 3.63) is 0 Å². The molecular formula is C61H102O27. The standard InChI is InChI=1S/C61H102O27/c1-13-26(2)54(71)80-30(6)60(72)18-19-61(73)34-15-14-32-20-33(16-17-58(32,8)35(34)21-40(59(60,61)9)81-31(7)64)82-41-22-36(74-10)49(27(3)77-41)85-42-23-37(75-11)50(28(4)78-42)86-57-48(70)53(76-12)51(29(5)79-57)87-56-47(69)45(67)52(39(25-63)84-56)88-55-46(68)44(66)43(65)38(24-62)83-55/h26-30,32-53,55-57,62-63,65-70,72-73H,13-25H2,1-12H3/t26-,27-,28-,29+,30-,32+,33-,34-,35+,36-,37-,38+,39+,40-,41+,42+,43+,44-,45+,46+,47+,48+,49-,50-,51+,52+,53+,55-,56-,57-,58-,59-,60-,61-/m1/s1. The molecule has 0 bridgehead atoms. The van der Waals surface area contributed by atoms with Gasteiger partial charge < -0.3 is 122 Å². The highest BCUT2D eigenvalue weighted by Crippen LogP contribution is 2.71. The van der Waals surface area contributed by atoms with Crippen LogP contribution in [0.15, 0.2) is 0 Å². The fourth-order valence-corrected chi connectivity index (χ4v) is 16.9. The SMILES string of the molecule is CC[C@@H](C)C(=O)O[C@H](C)[C@]1(O)CC[C@@]2(O)[C@@H]3CC[C@H]4C[C@H](O[C@H]5C[C@@H](OC)[C@H](O[C@H]6C[C@@H](OC)[C@H](O[C@H]7O[C@@H](C)[C@H](O[C@H]8O[C@@H](CO)[C@H](O[C@H]9O[C@@H](CO)[C@H](O)[C@@H](O)[C@@H]9O)[C@@H](O)[C@@H]8O)[C@@H](OC)[C@@H]7O)[C@@H](C)O6)[C@@H](C)O5)CC[C@@]4(C)[C@H]3C[C@@H](OC(C)=O)[C@@]21C. The predicted molar refractivity (Wildman–Crippen MR) is 301 cm³/mol. The number of hydrogen-bond acceptors (Lipinski definition) is 27. The minimum absolute atomic E-state index is 0.0210. The quantitative estimate of drug-likeness (QED) is 0.0566. The number of esters is 2. The zero-order valence-corrected chi connectivity index (χ0v) is 52.9. The summed E-state index contributed by atoms with van der Waals surface area (Å²) >= 11 is 0. The summed E-state index contributed by atoms with van der Waals surface area (Å²) in [5, 5.41) is 111. The molecule has 9 fully saturated rings. The molecule has 10 N–H and O–H groups in total. The van der Waals surface area contributed by atoms with Gasteiger partial charge >= 0.3 is 11.9 Å². The van der Waals surface area contributed by atoms with Gasteiger partial charge in [-0.3, -0.25) is 9.59 Å². The Morgan fingerprint density at radius 1 is 0.568 bits per heavy atom. The summed E-state index contributed by atoms with van der Waals surface area (Å²) in [6.07, 6.45) is -23.9. The first-order valence-corrected chi connectivity index (χ1v) is 31.8. The average molecular weight is 1270 g/mol. The van der Waals surface area contributed by atoms with Crippen molar-refractivity contribution in [2.45, 2.75) is 304 Å². The lowest BCUT2D eigenvalue weighted by atomic mass is 9.42. The van der Waals surface area contributed by atoms with E-state index in [0.29, 0.717) is 25.7 Å². The van der Waals surface area contributed by atoms with E-state index in [1.54, 1.807) is 34.8 Å². The highest BCUT2D eigenvalue weighted by molar-refractivity contribution is 5.72. The molecule has 88 heavy (non-hydrogen) atoms. The van der Waals surface area contributed by atoms with E-state index >= 15 is 0 Å². The van der Waals surface area contributed by atoms with Crippen molar-refractivity contribution in [2.75, 3.05) is 34.5 Å². The topological polar surface area (TPSA) is 375 Å². The molecule has 5 aliphatic heterocycles. The fourth-order valence-electron chi connectivity index (χ4n) is 16.9. The van der Waals surface area contributed by atoms with E-state index < -0.39 is 195 Å². The Bertz CT molecular complexity index is 2300. The van der Waals surface area contributed by atoms with Gasteiger partial charge in [0.2, 0.25) is 0 Å². The van der Waals surface area contributed by atoms with Crippen molar-refractivity contribution >= 4 is 11.9 Å². The number of methoxy groups -OCH3 is 3. The number of rotatable bonds is 20. The van der Waals surface area contributed by atoms with Crippen LogP contribution in [0.4, 0.5) is 0 Å². The van der Waals surface area contributed by atoms with Gasteiger partial charge in [-0.15, -0.1) is 0 Å². The molecule has 0 radical (unpaired) electrons. The molecule has 0 aromatic heterocycles. The average Bonchev–Trinajstić information content (AvgIpc) is 1.40. The van der Waals surface area contributed by atoms with E-state index in [0.717, 1.165) is 25.7 Å². The Hall–Kier alpha value is -1.98. The molecule has 508 valence electrons. The third-order valence-electron chi connectivity index (χ3n) is 22.4. The van der Waals surface area contributed by atoms with Crippen LogP contribution in [0.5, 0.6) is 0 Å². The molecule has 27 heteroatoms. The van der Waals surface area contributed by atoms with Gasteiger partial charge in [-0.1, -0.05) is 27.7 Å². The maximum Gasteiger partial charge on any atom is 0.309 e. The van der Waals surface area contributed by atoms with Gasteiger partial charge in [0.1, 0.15) is 97.2 Å². The lowest BCUT2D eigenvalue weighted by Crippen LogP contribution is -2.72. The third-order valence-corrected chi connectivity index (χ3v) is 22.4. The van der Waals surface area contributed by atoms with Gasteiger partial charge in [-0.25, -0.2) is 0 Å². The molecular weight excluding hydrogens is 1160 g/mol. The van der Waals surface area contributed by atoms with Crippen LogP contribution < -0.4 is 0 Å². The van der Waals surface area contributed by atoms with Gasteiger partial charge in [0.05, 0.1) is 66.8 Å². The molecule has 9 rings (SSSR count). The van der Waals surface area contributed by atoms with Crippen LogP contribution in [-0.4, -0.2) is 268 Å². The number of aliphatic hydroxyl groups is 10. The van der Waals surface area contributed by atoms with E-state index in [1.807, 2.05) is 20.8 Å². The zero-order valence-electron chi connectivity index (χ0n) is 52.9. The molecule has 0 aromatic carbocycles. The van der Waals surface area contributed by atoms with Gasteiger partial charge in [-0.05, 0) is 109 Å². The van der Waals surface area contributed by atoms with E-state index in [9.17, 15) is 60.7 Å². The van der Waals surface area contributed by atoms with Crippen LogP contribution in [-0.2, 0) is 80.6 Å². The number of aliphatic hydroxyl groups excluding tert-OH is 8. The highest BCUT2D eigenvalue weighted by Gasteiger charge is 2.77. The van der Waals surface area contributed by atoms with Crippen molar-refractivity contribution in [3.8, 4) is 0 Å². The zero-order chi connectivity index (χ0) is 64.3. The second kappa shape index (κ2) is 28.1. The number of carbonyl (C=O) groups is 2. The summed E-state index contributed by atoms with van der Waals surface area (Å²) < 4.78 is 92.1. The minimum Gasteiger partial charge on any atom is -0.462 e. The third kappa shape index (κ3) is 12.9. The van der Waals surface area contributed by atoms with Crippen LogP contribution in [0.3, 0.4) is 0 Å². The first-order valence-electron chi connectivity index (χ1n) is 31.8. The summed E-state index contributed by atoms with van der Waals surface area (Å²) in [7, 11) is 4.46. The van der Waals surface area contributed by atoms with Crippen molar-refractivity contribution in [3.63, 3.8) is 0 Å². The van der Waals surface area contributed by atoms with E-state index in [1.165, 1.54) is 21.1 Å². The van der Waals surface area contributed by atoms with E-state index in [2.05, 4.69) is 6.92 Å². The van der Waals surface area contributed by atoms with E-state index in [4.69, 9.17) is 71.1 Å². The van der Waals surface area contributed by atoms with E-state index in [-0.39, 0.29) is 54.5 Å². The Kier molecular flexibility index (Phi) is 22.5. The first-order chi connectivity index (χ1) is 41.6. The lowest BCUT2D eigenvalue weighted by molar-refractivity contribution is -0.385. The van der Waals surface area contributed by atoms with Crippen LogP contribution in [0.2, 0.25) is 0 Å². The summed E-state index contributed by atoms with van der Waals surface area (Å²) in [4.78, 5) is 25.9. The molecule has 0 spiro atoms. The normalized spacial score (nSPS) is 51.3. The second-order valence-corrected chi connectivity index (χ2v) is 27.1. The largest absolute Gasteiger partial charge is 0.462 e. The minimum atomic E-state index is -1.86. The van der Waals surface area contributed by atoms with Crippen LogP contribution >= 0.6 is 0 Å². The molecule has 4 saturated carbocycles. The predicted octanol–water partition coefficient (Wildman–Crippen LogP) is -0.0201. The molecule has 5 saturated heterocycles. The van der Waals surface area contributed by atoms with Crippen molar-refractivity contribution in [2.24, 2.45) is 34.5 Å².